The number of Topliss-reactive ketones (excluding diaryl/α,β-unsaturated/α-hetero) is 1. The molecule has 144 valence electrons. The molecule has 7 nitrogen and oxygen atoms in total. The smallest absolute Gasteiger partial charge is 0.256 e. The van der Waals surface area contributed by atoms with Crippen LogP contribution in [0.25, 0.3) is 0 Å². The quantitative estimate of drug-likeness (QED) is 0.789. The fraction of sp³-hybridized carbons (Fsp3) is 0.684. The van der Waals surface area contributed by atoms with Crippen molar-refractivity contribution in [2.45, 2.75) is 20.8 Å². The van der Waals surface area contributed by atoms with Crippen molar-refractivity contribution in [1.82, 2.24) is 19.7 Å². The van der Waals surface area contributed by atoms with E-state index >= 15 is 0 Å². The summed E-state index contributed by atoms with van der Waals surface area (Å²) in [6.07, 6.45) is 0. The van der Waals surface area contributed by atoms with E-state index in [-0.39, 0.29) is 11.7 Å². The Bertz CT molecular complexity index is 656. The normalized spacial score (nSPS) is 19.7. The fourth-order valence-corrected chi connectivity index (χ4v) is 3.86. The molecule has 0 atom stereocenters. The monoisotopic (exact) mass is 362 g/mol. The number of aryl methyl sites for hydroxylation is 1. The Balaban J connectivity index is 1.53. The van der Waals surface area contributed by atoms with Crippen molar-refractivity contribution in [2.75, 3.05) is 65.6 Å². The number of aromatic amines is 1. The third-order valence-electron chi connectivity index (χ3n) is 5.50. The van der Waals surface area contributed by atoms with Crippen molar-refractivity contribution in [2.24, 2.45) is 0 Å². The van der Waals surface area contributed by atoms with E-state index in [1.165, 1.54) is 6.92 Å². The third kappa shape index (κ3) is 4.16. The fourth-order valence-electron chi connectivity index (χ4n) is 3.86. The number of rotatable bonds is 5. The molecule has 0 saturated carbocycles. The van der Waals surface area contributed by atoms with Gasteiger partial charge in [-0.05, 0) is 19.4 Å². The molecule has 26 heavy (non-hydrogen) atoms. The van der Waals surface area contributed by atoms with Crippen LogP contribution >= 0.6 is 0 Å². The Hall–Kier alpha value is -1.70. The number of ether oxygens (including phenoxy) is 1. The Labute approximate surface area is 155 Å². The van der Waals surface area contributed by atoms with Crippen LogP contribution in [0.3, 0.4) is 0 Å². The number of H-pyrrole nitrogens is 1. The van der Waals surface area contributed by atoms with Crippen LogP contribution in [0.5, 0.6) is 0 Å². The van der Waals surface area contributed by atoms with E-state index in [4.69, 9.17) is 4.74 Å². The van der Waals surface area contributed by atoms with Crippen molar-refractivity contribution in [3.05, 3.63) is 22.5 Å². The van der Waals surface area contributed by atoms with Gasteiger partial charge in [0.05, 0.1) is 24.5 Å². The van der Waals surface area contributed by atoms with Crippen molar-refractivity contribution in [3.63, 3.8) is 0 Å². The molecule has 1 N–H and O–H groups in total. The average Bonchev–Trinajstić information content (AvgIpc) is 2.95. The minimum absolute atomic E-state index is 0.0300. The number of amides is 1. The molecular formula is C19H30N4O3. The van der Waals surface area contributed by atoms with E-state index in [0.717, 1.165) is 76.8 Å². The van der Waals surface area contributed by atoms with E-state index in [9.17, 15) is 9.59 Å². The number of aromatic nitrogens is 1. The summed E-state index contributed by atoms with van der Waals surface area (Å²) < 4.78 is 5.39. The van der Waals surface area contributed by atoms with Gasteiger partial charge >= 0.3 is 0 Å². The molecule has 2 fully saturated rings. The van der Waals surface area contributed by atoms with E-state index in [1.807, 2.05) is 18.7 Å². The van der Waals surface area contributed by atoms with Crippen molar-refractivity contribution < 1.29 is 14.3 Å². The summed E-state index contributed by atoms with van der Waals surface area (Å²) in [7, 11) is 0. The predicted octanol–water partition coefficient (Wildman–Crippen LogP) is 0.924. The van der Waals surface area contributed by atoms with E-state index in [1.54, 1.807) is 0 Å². The molecule has 1 aromatic heterocycles. The molecule has 1 aromatic rings. The first-order valence-corrected chi connectivity index (χ1v) is 9.49. The highest BCUT2D eigenvalue weighted by atomic mass is 16.5. The van der Waals surface area contributed by atoms with Crippen molar-refractivity contribution in [1.29, 1.82) is 0 Å². The first-order chi connectivity index (χ1) is 12.5. The Morgan fingerprint density at radius 2 is 1.54 bits per heavy atom. The van der Waals surface area contributed by atoms with Crippen LogP contribution in [-0.4, -0.2) is 96.9 Å². The molecule has 3 rings (SSSR count). The average molecular weight is 362 g/mol. The van der Waals surface area contributed by atoms with E-state index < -0.39 is 0 Å². The highest BCUT2D eigenvalue weighted by Gasteiger charge is 2.27. The Morgan fingerprint density at radius 1 is 0.962 bits per heavy atom. The molecule has 0 aromatic carbocycles. The molecule has 2 aliphatic heterocycles. The molecule has 2 aliphatic rings. The topological polar surface area (TPSA) is 68.9 Å². The second kappa shape index (κ2) is 8.33. The SMILES string of the molecule is CC(=O)c1[nH]c(C)c(C(=O)N2CCN(CCN3CCOCC3)CC2)c1C. The number of piperazine rings is 1. The standard InChI is InChI=1S/C19H30N4O3/c1-14-17(15(2)20-18(14)16(3)24)19(25)23-8-6-21(7-9-23)4-5-22-10-12-26-13-11-22/h20H,4-13H2,1-3H3. The Kier molecular flexibility index (Phi) is 6.11. The summed E-state index contributed by atoms with van der Waals surface area (Å²) in [5.41, 5.74) is 2.77. The van der Waals surface area contributed by atoms with Crippen molar-refractivity contribution in [3.8, 4) is 0 Å². The van der Waals surface area contributed by atoms with Gasteiger partial charge < -0.3 is 14.6 Å². The van der Waals surface area contributed by atoms with Gasteiger partial charge in [0.1, 0.15) is 0 Å². The number of hydrogen-bond acceptors (Lipinski definition) is 5. The van der Waals surface area contributed by atoms with Gasteiger partial charge in [0.25, 0.3) is 5.91 Å². The summed E-state index contributed by atoms with van der Waals surface area (Å²) in [6.45, 7) is 14.3. The summed E-state index contributed by atoms with van der Waals surface area (Å²) >= 11 is 0. The van der Waals surface area contributed by atoms with E-state index in [0.29, 0.717) is 11.3 Å². The molecule has 7 heteroatoms. The molecule has 0 bridgehead atoms. The summed E-state index contributed by atoms with van der Waals surface area (Å²) in [6, 6.07) is 0. The minimum atomic E-state index is -0.0300. The molecule has 0 radical (unpaired) electrons. The Morgan fingerprint density at radius 3 is 2.08 bits per heavy atom. The number of nitrogens with zero attached hydrogens (tertiary/aromatic N) is 3. The maximum Gasteiger partial charge on any atom is 0.256 e. The van der Waals surface area contributed by atoms with Crippen LogP contribution in [0.15, 0.2) is 0 Å². The van der Waals surface area contributed by atoms with Crippen LogP contribution < -0.4 is 0 Å². The van der Waals surface area contributed by atoms with Gasteiger partial charge in [-0.2, -0.15) is 0 Å². The highest BCUT2D eigenvalue weighted by molar-refractivity contribution is 6.02. The van der Waals surface area contributed by atoms with Crippen LogP contribution in [0, 0.1) is 13.8 Å². The number of hydrogen-bond donors (Lipinski definition) is 1. The lowest BCUT2D eigenvalue weighted by atomic mass is 10.1. The van der Waals surface area contributed by atoms with Crippen LogP contribution in [0.1, 0.15) is 39.0 Å². The molecule has 2 saturated heterocycles. The van der Waals surface area contributed by atoms with Gasteiger partial charge in [-0.15, -0.1) is 0 Å². The lowest BCUT2D eigenvalue weighted by Gasteiger charge is -2.36. The maximum atomic E-state index is 12.9. The minimum Gasteiger partial charge on any atom is -0.379 e. The third-order valence-corrected chi connectivity index (χ3v) is 5.50. The molecule has 0 unspecified atom stereocenters. The van der Waals surface area contributed by atoms with Crippen LogP contribution in [0.4, 0.5) is 0 Å². The zero-order valence-electron chi connectivity index (χ0n) is 16.1. The molecular weight excluding hydrogens is 332 g/mol. The maximum absolute atomic E-state index is 12.9. The second-order valence-corrected chi connectivity index (χ2v) is 7.27. The molecule has 0 spiro atoms. The first kappa shape index (κ1) is 19.1. The van der Waals surface area contributed by atoms with Crippen LogP contribution in [-0.2, 0) is 4.74 Å². The summed E-state index contributed by atoms with van der Waals surface area (Å²) in [5, 5.41) is 0. The zero-order valence-corrected chi connectivity index (χ0v) is 16.1. The zero-order chi connectivity index (χ0) is 18.7. The van der Waals surface area contributed by atoms with Gasteiger partial charge in [0.2, 0.25) is 0 Å². The molecule has 1 amide bonds. The van der Waals surface area contributed by atoms with Gasteiger partial charge in [-0.1, -0.05) is 0 Å². The lowest BCUT2D eigenvalue weighted by Crippen LogP contribution is -2.51. The highest BCUT2D eigenvalue weighted by Crippen LogP contribution is 2.21. The van der Waals surface area contributed by atoms with Gasteiger partial charge in [-0.3, -0.25) is 19.4 Å². The predicted molar refractivity (Wildman–Crippen MR) is 99.9 cm³/mol. The number of carbonyl (C=O) groups is 2. The lowest BCUT2D eigenvalue weighted by molar-refractivity contribution is 0.0293. The van der Waals surface area contributed by atoms with Crippen LogP contribution in [0.2, 0.25) is 0 Å². The van der Waals surface area contributed by atoms with Crippen molar-refractivity contribution >= 4 is 11.7 Å². The first-order valence-electron chi connectivity index (χ1n) is 9.49. The number of carbonyl (C=O) groups excluding carboxylic acids is 2. The summed E-state index contributed by atoms with van der Waals surface area (Å²) in [5.74, 6) is 0.00848. The number of ketones is 1. The molecule has 3 heterocycles. The van der Waals surface area contributed by atoms with Gasteiger partial charge in [0.15, 0.2) is 5.78 Å². The largest absolute Gasteiger partial charge is 0.379 e. The van der Waals surface area contributed by atoms with Gasteiger partial charge in [0, 0.05) is 65.0 Å². The van der Waals surface area contributed by atoms with E-state index in [2.05, 4.69) is 14.8 Å². The second-order valence-electron chi connectivity index (χ2n) is 7.27. The molecule has 0 aliphatic carbocycles. The summed E-state index contributed by atoms with van der Waals surface area (Å²) in [4.78, 5) is 34.5. The van der Waals surface area contributed by atoms with Gasteiger partial charge in [-0.25, -0.2) is 0 Å². The number of morpholine rings is 1. The number of nitrogens with one attached hydrogen (secondary N) is 1.